The third kappa shape index (κ3) is 2.40. The Balaban J connectivity index is 1.99. The highest BCUT2D eigenvalue weighted by Crippen LogP contribution is 2.38. The first-order valence-electron chi connectivity index (χ1n) is 6.70. The number of fused-ring (bicyclic) bond motifs is 1. The highest BCUT2D eigenvalue weighted by molar-refractivity contribution is 5.67. The van der Waals surface area contributed by atoms with Gasteiger partial charge in [-0.3, -0.25) is 9.69 Å². The Labute approximate surface area is 97.8 Å². The van der Waals surface area contributed by atoms with Crippen molar-refractivity contribution in [3.63, 3.8) is 0 Å². The standard InChI is InChI=1S/C13H23NO2/c1-2-11(9-13(15)16)14-8-7-10-5-3-4-6-12(10)14/h10-12H,2-9H2,1H3,(H,15,16). The number of rotatable bonds is 4. The third-order valence-corrected chi connectivity index (χ3v) is 4.40. The molecule has 0 amide bonds. The van der Waals surface area contributed by atoms with E-state index in [1.54, 1.807) is 0 Å². The minimum absolute atomic E-state index is 0.269. The van der Waals surface area contributed by atoms with Gasteiger partial charge in [0.15, 0.2) is 0 Å². The fraction of sp³-hybridized carbons (Fsp3) is 0.923. The minimum Gasteiger partial charge on any atom is -0.481 e. The molecule has 3 unspecified atom stereocenters. The van der Waals surface area contributed by atoms with Crippen LogP contribution in [0.1, 0.15) is 51.9 Å². The molecule has 2 rings (SSSR count). The van der Waals surface area contributed by atoms with Crippen LogP contribution in [0.4, 0.5) is 0 Å². The Kier molecular flexibility index (Phi) is 3.85. The van der Waals surface area contributed by atoms with Crippen molar-refractivity contribution in [1.29, 1.82) is 0 Å². The monoisotopic (exact) mass is 225 g/mol. The molecule has 0 spiro atoms. The van der Waals surface area contributed by atoms with Crippen molar-refractivity contribution in [2.24, 2.45) is 5.92 Å². The van der Waals surface area contributed by atoms with Gasteiger partial charge in [-0.15, -0.1) is 0 Å². The molecule has 0 aromatic heterocycles. The van der Waals surface area contributed by atoms with E-state index in [0.29, 0.717) is 12.5 Å². The van der Waals surface area contributed by atoms with E-state index in [9.17, 15) is 4.79 Å². The smallest absolute Gasteiger partial charge is 0.304 e. The second-order valence-corrected chi connectivity index (χ2v) is 5.30. The molecule has 3 atom stereocenters. The average Bonchev–Trinajstić information content (AvgIpc) is 2.69. The van der Waals surface area contributed by atoms with Gasteiger partial charge in [-0.05, 0) is 38.1 Å². The van der Waals surface area contributed by atoms with Gasteiger partial charge in [0, 0.05) is 12.1 Å². The molecule has 0 aromatic carbocycles. The van der Waals surface area contributed by atoms with E-state index >= 15 is 0 Å². The Morgan fingerprint density at radius 3 is 2.81 bits per heavy atom. The fourth-order valence-corrected chi connectivity index (χ4v) is 3.59. The summed E-state index contributed by atoms with van der Waals surface area (Å²) >= 11 is 0. The Bertz CT molecular complexity index is 254. The fourth-order valence-electron chi connectivity index (χ4n) is 3.59. The summed E-state index contributed by atoms with van der Waals surface area (Å²) in [7, 11) is 0. The first-order valence-corrected chi connectivity index (χ1v) is 6.70. The number of nitrogens with zero attached hydrogens (tertiary/aromatic N) is 1. The van der Waals surface area contributed by atoms with Gasteiger partial charge in [-0.25, -0.2) is 0 Å². The summed E-state index contributed by atoms with van der Waals surface area (Å²) in [6.45, 7) is 3.24. The number of hydrogen-bond acceptors (Lipinski definition) is 2. The van der Waals surface area contributed by atoms with Crippen LogP contribution in [0.3, 0.4) is 0 Å². The quantitative estimate of drug-likeness (QED) is 0.799. The molecule has 1 saturated heterocycles. The number of carbonyl (C=O) groups is 1. The zero-order valence-electron chi connectivity index (χ0n) is 10.2. The van der Waals surface area contributed by atoms with Gasteiger partial charge in [0.25, 0.3) is 0 Å². The van der Waals surface area contributed by atoms with Crippen LogP contribution in [0.25, 0.3) is 0 Å². The molecule has 16 heavy (non-hydrogen) atoms. The van der Waals surface area contributed by atoms with E-state index < -0.39 is 5.97 Å². The van der Waals surface area contributed by atoms with Crippen LogP contribution in [0.2, 0.25) is 0 Å². The molecule has 1 saturated carbocycles. The van der Waals surface area contributed by atoms with Crippen molar-refractivity contribution < 1.29 is 9.90 Å². The van der Waals surface area contributed by atoms with E-state index in [1.165, 1.54) is 32.1 Å². The lowest BCUT2D eigenvalue weighted by atomic mass is 9.85. The summed E-state index contributed by atoms with van der Waals surface area (Å²) in [4.78, 5) is 13.4. The molecular weight excluding hydrogens is 202 g/mol. The van der Waals surface area contributed by atoms with E-state index in [2.05, 4.69) is 11.8 Å². The Hall–Kier alpha value is -0.570. The van der Waals surface area contributed by atoms with Crippen LogP contribution in [-0.4, -0.2) is 34.6 Å². The Morgan fingerprint density at radius 1 is 1.38 bits per heavy atom. The van der Waals surface area contributed by atoms with E-state index in [1.807, 2.05) is 0 Å². The number of hydrogen-bond donors (Lipinski definition) is 1. The SMILES string of the molecule is CCC(CC(=O)O)N1CCC2CCCCC21. The topological polar surface area (TPSA) is 40.5 Å². The van der Waals surface area contributed by atoms with Crippen molar-refractivity contribution in [2.45, 2.75) is 64.0 Å². The van der Waals surface area contributed by atoms with Crippen LogP contribution in [0, 0.1) is 5.92 Å². The molecule has 0 radical (unpaired) electrons. The largest absolute Gasteiger partial charge is 0.481 e. The third-order valence-electron chi connectivity index (χ3n) is 4.40. The number of carboxylic acid groups (broad SMARTS) is 1. The Morgan fingerprint density at radius 2 is 2.12 bits per heavy atom. The normalized spacial score (nSPS) is 32.3. The van der Waals surface area contributed by atoms with Gasteiger partial charge in [0.2, 0.25) is 0 Å². The predicted molar refractivity (Wildman–Crippen MR) is 63.4 cm³/mol. The van der Waals surface area contributed by atoms with E-state index in [0.717, 1.165) is 18.9 Å². The van der Waals surface area contributed by atoms with Gasteiger partial charge >= 0.3 is 5.97 Å². The summed E-state index contributed by atoms with van der Waals surface area (Å²) < 4.78 is 0. The van der Waals surface area contributed by atoms with Gasteiger partial charge in [0.1, 0.15) is 0 Å². The molecule has 0 aromatic rings. The molecule has 0 bridgehead atoms. The molecule has 2 aliphatic rings. The highest BCUT2D eigenvalue weighted by Gasteiger charge is 2.38. The lowest BCUT2D eigenvalue weighted by Gasteiger charge is -2.36. The summed E-state index contributed by atoms with van der Waals surface area (Å²) in [6, 6.07) is 0.962. The van der Waals surface area contributed by atoms with E-state index in [-0.39, 0.29) is 6.04 Å². The zero-order valence-corrected chi connectivity index (χ0v) is 10.2. The van der Waals surface area contributed by atoms with Gasteiger partial charge in [-0.2, -0.15) is 0 Å². The lowest BCUT2D eigenvalue weighted by molar-refractivity contribution is -0.138. The van der Waals surface area contributed by atoms with Crippen molar-refractivity contribution in [3.05, 3.63) is 0 Å². The average molecular weight is 225 g/mol. The first-order chi connectivity index (χ1) is 7.72. The number of carboxylic acids is 1. The summed E-state index contributed by atoms with van der Waals surface area (Å²) in [5.41, 5.74) is 0. The molecular formula is C13H23NO2. The minimum atomic E-state index is -0.647. The van der Waals surface area contributed by atoms with Gasteiger partial charge < -0.3 is 5.11 Å². The highest BCUT2D eigenvalue weighted by atomic mass is 16.4. The molecule has 92 valence electrons. The van der Waals surface area contributed by atoms with Crippen molar-refractivity contribution >= 4 is 5.97 Å². The van der Waals surface area contributed by atoms with Crippen molar-refractivity contribution in [1.82, 2.24) is 4.90 Å². The van der Waals surface area contributed by atoms with Crippen LogP contribution in [-0.2, 0) is 4.79 Å². The van der Waals surface area contributed by atoms with Crippen LogP contribution in [0.15, 0.2) is 0 Å². The predicted octanol–water partition coefficient (Wildman–Crippen LogP) is 2.50. The van der Waals surface area contributed by atoms with Crippen molar-refractivity contribution in [2.75, 3.05) is 6.54 Å². The summed E-state index contributed by atoms with van der Waals surface area (Å²) in [6.07, 6.45) is 7.95. The summed E-state index contributed by atoms with van der Waals surface area (Å²) in [5.74, 6) is 0.211. The maximum atomic E-state index is 10.9. The van der Waals surface area contributed by atoms with Crippen LogP contribution >= 0.6 is 0 Å². The molecule has 1 aliphatic heterocycles. The zero-order chi connectivity index (χ0) is 11.5. The molecule has 1 heterocycles. The first kappa shape index (κ1) is 11.9. The lowest BCUT2D eigenvalue weighted by Crippen LogP contribution is -2.42. The second kappa shape index (κ2) is 5.17. The maximum absolute atomic E-state index is 10.9. The molecule has 2 fully saturated rings. The second-order valence-electron chi connectivity index (χ2n) is 5.30. The molecule has 1 N–H and O–H groups in total. The maximum Gasteiger partial charge on any atom is 0.304 e. The van der Waals surface area contributed by atoms with E-state index in [4.69, 9.17) is 5.11 Å². The van der Waals surface area contributed by atoms with Crippen LogP contribution in [0.5, 0.6) is 0 Å². The molecule has 3 nitrogen and oxygen atoms in total. The van der Waals surface area contributed by atoms with Crippen molar-refractivity contribution in [3.8, 4) is 0 Å². The number of aliphatic carboxylic acids is 1. The number of likely N-dealkylation sites (tertiary alicyclic amines) is 1. The molecule has 1 aliphatic carbocycles. The molecule has 3 heteroatoms. The van der Waals surface area contributed by atoms with Gasteiger partial charge in [-0.1, -0.05) is 19.8 Å². The van der Waals surface area contributed by atoms with Gasteiger partial charge in [0.05, 0.1) is 6.42 Å². The van der Waals surface area contributed by atoms with Crippen LogP contribution < -0.4 is 0 Å². The summed E-state index contributed by atoms with van der Waals surface area (Å²) in [5, 5.41) is 8.94.